The molecule has 1 fully saturated rings. The zero-order valence-corrected chi connectivity index (χ0v) is 24.1. The lowest BCUT2D eigenvalue weighted by atomic mass is 9.98. The normalized spacial score (nSPS) is 24.4. The fourth-order valence-electron chi connectivity index (χ4n) is 4.08. The smallest absolute Gasteiger partial charge is 0.337 e. The molecule has 0 amide bonds. The van der Waals surface area contributed by atoms with Gasteiger partial charge in [0.15, 0.2) is 12.4 Å². The Morgan fingerprint density at radius 1 is 1.05 bits per heavy atom. The number of rotatable bonds is 22. The molecule has 0 aromatic heterocycles. The topological polar surface area (TPSA) is 171 Å². The van der Waals surface area contributed by atoms with Gasteiger partial charge in [-0.1, -0.05) is 45.1 Å². The van der Waals surface area contributed by atoms with Gasteiger partial charge in [-0.15, -0.1) is 0 Å². The lowest BCUT2D eigenvalue weighted by Crippen LogP contribution is -2.58. The van der Waals surface area contributed by atoms with Crippen molar-refractivity contribution < 1.29 is 48.2 Å². The molecule has 13 nitrogen and oxygen atoms in total. The van der Waals surface area contributed by atoms with E-state index in [2.05, 4.69) is 10.0 Å². The summed E-state index contributed by atoms with van der Waals surface area (Å²) in [6.45, 7) is 8.07. The minimum absolute atomic E-state index is 0.0291. The van der Waals surface area contributed by atoms with Crippen LogP contribution in [0.1, 0.15) is 66.2 Å². The van der Waals surface area contributed by atoms with Crippen molar-refractivity contribution in [3.63, 3.8) is 0 Å². The largest absolute Gasteiger partial charge is 0.467 e. The standard InChI is InChI=1S/C26H49N3O10/c1-6-9-12-34-18(4)22(35-13-10-7-2)25(26(32)33-5)39-21(16-31)38-24-20(15-30)37-17-19(28-29-27)23(24)36-14-11-8-3/h18-25,30-31H,6-17H2,1-5H3/t18-,19+,20?,21?,22-,23?,24-,25?/m0/s1. The zero-order valence-electron chi connectivity index (χ0n) is 24.1. The van der Waals surface area contributed by atoms with Crippen LogP contribution in [0.3, 0.4) is 0 Å². The number of hydrogen-bond acceptors (Lipinski definition) is 11. The molecule has 0 bridgehead atoms. The van der Waals surface area contributed by atoms with Gasteiger partial charge in [0, 0.05) is 24.7 Å². The van der Waals surface area contributed by atoms with Gasteiger partial charge in [-0.3, -0.25) is 0 Å². The molecule has 1 rings (SSSR count). The molecule has 228 valence electrons. The van der Waals surface area contributed by atoms with Crippen LogP contribution in [0.4, 0.5) is 0 Å². The van der Waals surface area contributed by atoms with E-state index >= 15 is 0 Å². The highest BCUT2D eigenvalue weighted by Crippen LogP contribution is 2.27. The summed E-state index contributed by atoms with van der Waals surface area (Å²) < 4.78 is 40.7. The molecule has 0 radical (unpaired) electrons. The lowest BCUT2D eigenvalue weighted by Gasteiger charge is -2.42. The molecule has 1 heterocycles. The van der Waals surface area contributed by atoms with Crippen molar-refractivity contribution in [3.05, 3.63) is 10.4 Å². The summed E-state index contributed by atoms with van der Waals surface area (Å²) in [5.41, 5.74) is 9.05. The molecule has 1 aliphatic heterocycles. The highest BCUT2D eigenvalue weighted by Gasteiger charge is 2.44. The fourth-order valence-corrected chi connectivity index (χ4v) is 4.08. The van der Waals surface area contributed by atoms with Crippen molar-refractivity contribution in [2.75, 3.05) is 46.8 Å². The number of hydrogen-bond donors (Lipinski definition) is 2. The first kappa shape index (κ1) is 35.5. The molecule has 1 saturated heterocycles. The van der Waals surface area contributed by atoms with Gasteiger partial charge >= 0.3 is 5.97 Å². The van der Waals surface area contributed by atoms with E-state index in [-0.39, 0.29) is 6.61 Å². The Bertz CT molecular complexity index is 697. The van der Waals surface area contributed by atoms with Crippen molar-refractivity contribution in [1.82, 2.24) is 0 Å². The van der Waals surface area contributed by atoms with Crippen molar-refractivity contribution in [3.8, 4) is 0 Å². The van der Waals surface area contributed by atoms with E-state index in [0.717, 1.165) is 38.5 Å². The molecular formula is C26H49N3O10. The SMILES string of the molecule is CCCCOC1[C@@H](OC(CO)OC(C(=O)OC)[C@@H](OCCCC)[C@H](C)OCCCC)C(CO)OC[C@H]1N=[N+]=[N-]. The maximum absolute atomic E-state index is 12.9. The third-order valence-corrected chi connectivity index (χ3v) is 6.38. The van der Waals surface area contributed by atoms with Crippen LogP contribution < -0.4 is 0 Å². The molecule has 8 atom stereocenters. The summed E-state index contributed by atoms with van der Waals surface area (Å²) in [4.78, 5) is 15.8. The van der Waals surface area contributed by atoms with Crippen LogP contribution in [0.2, 0.25) is 0 Å². The molecule has 0 aromatic carbocycles. The van der Waals surface area contributed by atoms with Gasteiger partial charge in [-0.05, 0) is 31.7 Å². The fraction of sp³-hybridized carbons (Fsp3) is 0.962. The van der Waals surface area contributed by atoms with Gasteiger partial charge in [0.05, 0.1) is 45.2 Å². The van der Waals surface area contributed by atoms with Crippen molar-refractivity contribution >= 4 is 5.97 Å². The zero-order chi connectivity index (χ0) is 29.0. The van der Waals surface area contributed by atoms with E-state index in [1.54, 1.807) is 6.92 Å². The summed E-state index contributed by atoms with van der Waals surface area (Å²) in [5.74, 6) is -0.717. The molecule has 4 unspecified atom stereocenters. The molecule has 39 heavy (non-hydrogen) atoms. The van der Waals surface area contributed by atoms with Gasteiger partial charge in [0.1, 0.15) is 18.3 Å². The van der Waals surface area contributed by atoms with Gasteiger partial charge in [-0.25, -0.2) is 4.79 Å². The summed E-state index contributed by atoms with van der Waals surface area (Å²) in [6, 6.07) is -0.729. The predicted molar refractivity (Wildman–Crippen MR) is 142 cm³/mol. The lowest BCUT2D eigenvalue weighted by molar-refractivity contribution is -0.282. The molecule has 0 aliphatic carbocycles. The molecule has 0 spiro atoms. The Balaban J connectivity index is 3.21. The molecule has 0 aromatic rings. The monoisotopic (exact) mass is 563 g/mol. The number of nitrogens with zero attached hydrogens (tertiary/aromatic N) is 3. The highest BCUT2D eigenvalue weighted by atomic mass is 16.7. The molecule has 13 heteroatoms. The van der Waals surface area contributed by atoms with E-state index in [9.17, 15) is 15.0 Å². The Hall–Kier alpha value is -1.54. The van der Waals surface area contributed by atoms with E-state index in [1.807, 2.05) is 20.8 Å². The van der Waals surface area contributed by atoms with Crippen LogP contribution in [-0.2, 0) is 38.0 Å². The van der Waals surface area contributed by atoms with E-state index < -0.39 is 68.1 Å². The second-order valence-electron chi connectivity index (χ2n) is 9.43. The van der Waals surface area contributed by atoms with Crippen LogP contribution in [-0.4, -0.2) is 112 Å². The first-order valence-corrected chi connectivity index (χ1v) is 14.0. The van der Waals surface area contributed by atoms with E-state index in [4.69, 9.17) is 38.7 Å². The molecule has 0 saturated carbocycles. The average Bonchev–Trinajstić information content (AvgIpc) is 2.94. The van der Waals surface area contributed by atoms with Gasteiger partial charge in [-0.2, -0.15) is 0 Å². The molecule has 1 aliphatic rings. The van der Waals surface area contributed by atoms with Crippen molar-refractivity contribution in [2.24, 2.45) is 5.11 Å². The van der Waals surface area contributed by atoms with E-state index in [0.29, 0.717) is 19.8 Å². The molecular weight excluding hydrogens is 514 g/mol. The minimum atomic E-state index is -1.35. The summed E-state index contributed by atoms with van der Waals surface area (Å²) in [7, 11) is 1.23. The maximum Gasteiger partial charge on any atom is 0.337 e. The maximum atomic E-state index is 12.9. The Kier molecular flexibility index (Phi) is 19.3. The van der Waals surface area contributed by atoms with Gasteiger partial charge in [0.25, 0.3) is 0 Å². The van der Waals surface area contributed by atoms with E-state index in [1.165, 1.54) is 7.11 Å². The average molecular weight is 564 g/mol. The van der Waals surface area contributed by atoms with Crippen molar-refractivity contribution in [1.29, 1.82) is 0 Å². The second-order valence-corrected chi connectivity index (χ2v) is 9.43. The number of aliphatic hydroxyl groups is 2. The van der Waals surface area contributed by atoms with Crippen molar-refractivity contribution in [2.45, 2.75) is 115 Å². The second kappa shape index (κ2) is 21.2. The number of azide groups is 1. The quantitative estimate of drug-likeness (QED) is 0.0498. The van der Waals surface area contributed by atoms with Gasteiger partial charge in [0.2, 0.25) is 0 Å². The van der Waals surface area contributed by atoms with Crippen LogP contribution in [0.25, 0.3) is 10.4 Å². The number of aliphatic hydroxyl groups excluding tert-OH is 2. The third-order valence-electron chi connectivity index (χ3n) is 6.38. The predicted octanol–water partition coefficient (Wildman–Crippen LogP) is 2.89. The first-order valence-electron chi connectivity index (χ1n) is 14.0. The Morgan fingerprint density at radius 3 is 2.26 bits per heavy atom. The summed E-state index contributed by atoms with van der Waals surface area (Å²) in [5, 5.41) is 23.9. The Labute approximate surface area is 232 Å². The number of carbonyl (C=O) groups excluding carboxylic acids is 1. The number of unbranched alkanes of at least 4 members (excludes halogenated alkanes) is 3. The van der Waals surface area contributed by atoms with Crippen LogP contribution in [0.15, 0.2) is 5.11 Å². The first-order chi connectivity index (χ1) is 18.9. The third kappa shape index (κ3) is 12.2. The number of carbonyl (C=O) groups is 1. The van der Waals surface area contributed by atoms with Crippen LogP contribution in [0.5, 0.6) is 0 Å². The van der Waals surface area contributed by atoms with Crippen LogP contribution >= 0.6 is 0 Å². The number of methoxy groups -OCH3 is 1. The highest BCUT2D eigenvalue weighted by molar-refractivity contribution is 5.75. The number of esters is 1. The Morgan fingerprint density at radius 2 is 1.69 bits per heavy atom. The summed E-state index contributed by atoms with van der Waals surface area (Å²) >= 11 is 0. The van der Waals surface area contributed by atoms with Gasteiger partial charge < -0.3 is 43.4 Å². The summed E-state index contributed by atoms with van der Waals surface area (Å²) in [6.07, 6.45) is -1.52. The molecule has 2 N–H and O–H groups in total. The number of ether oxygens (including phenoxy) is 7. The van der Waals surface area contributed by atoms with Crippen LogP contribution in [0, 0.1) is 0 Å². The minimum Gasteiger partial charge on any atom is -0.467 e.